The molecule has 0 saturated carbocycles. The fourth-order valence-electron chi connectivity index (χ4n) is 3.05. The van der Waals surface area contributed by atoms with Gasteiger partial charge in [0.25, 0.3) is 5.91 Å². The number of carbonyl (C=O) groups excluding carboxylic acids is 2. The van der Waals surface area contributed by atoms with Gasteiger partial charge >= 0.3 is 6.03 Å². The van der Waals surface area contributed by atoms with E-state index >= 15 is 0 Å². The molecule has 1 N–H and O–H groups in total. The van der Waals surface area contributed by atoms with Crippen molar-refractivity contribution in [1.82, 2.24) is 19.6 Å². The first kappa shape index (κ1) is 18.2. The summed E-state index contributed by atoms with van der Waals surface area (Å²) in [5, 5.41) is 10.4. The van der Waals surface area contributed by atoms with Gasteiger partial charge < -0.3 is 14.9 Å². The fraction of sp³-hybridized carbons (Fsp3) is 0.562. The Hall–Kier alpha value is -2.19. The predicted molar refractivity (Wildman–Crippen MR) is 91.5 cm³/mol. The molecule has 0 aromatic heterocycles. The molecule has 8 heteroatoms. The molecule has 3 amide bonds. The smallest absolute Gasteiger partial charge is 0.328 e. The number of fused-ring (bicyclic) bond motifs is 1. The first-order chi connectivity index (χ1) is 11.4. The molecule has 3 atom stereocenters. The predicted octanol–water partition coefficient (Wildman–Crippen LogP) is -0.416. The summed E-state index contributed by atoms with van der Waals surface area (Å²) in [5.41, 5.74) is 0. The maximum Gasteiger partial charge on any atom is 0.328 e. The van der Waals surface area contributed by atoms with E-state index in [1.165, 1.54) is 11.9 Å². The van der Waals surface area contributed by atoms with Crippen LogP contribution in [-0.4, -0.2) is 102 Å². The molecule has 2 aliphatic heterocycles. The number of β-amino-alcohol motifs (C(OH)–C–C–N with tert-alkyl or cyclic N) is 1. The molecule has 1 saturated heterocycles. The molecule has 2 aliphatic rings. The quantitative estimate of drug-likeness (QED) is 0.610. The van der Waals surface area contributed by atoms with Crippen molar-refractivity contribution in [3.05, 3.63) is 25.3 Å². The molecule has 0 aliphatic carbocycles. The third-order valence-corrected chi connectivity index (χ3v) is 4.24. The summed E-state index contributed by atoms with van der Waals surface area (Å²) in [6.07, 6.45) is 3.88. The van der Waals surface area contributed by atoms with E-state index in [1.54, 1.807) is 30.4 Å². The van der Waals surface area contributed by atoms with Gasteiger partial charge in [0.2, 0.25) is 0 Å². The van der Waals surface area contributed by atoms with E-state index in [9.17, 15) is 14.7 Å². The SMILES string of the molecule is C=CCN(CC=C)C[C@H](O)CN1C=N[C@@H]2[C@H]1C(=O)N(C)C(=O)N2C. The highest BCUT2D eigenvalue weighted by Crippen LogP contribution is 2.24. The molecule has 0 radical (unpaired) electrons. The zero-order valence-corrected chi connectivity index (χ0v) is 14.2. The van der Waals surface area contributed by atoms with Crippen molar-refractivity contribution in [3.8, 4) is 0 Å². The van der Waals surface area contributed by atoms with Crippen LogP contribution < -0.4 is 0 Å². The third-order valence-electron chi connectivity index (χ3n) is 4.24. The van der Waals surface area contributed by atoms with Crippen molar-refractivity contribution in [2.45, 2.75) is 18.3 Å². The van der Waals surface area contributed by atoms with E-state index in [1.807, 2.05) is 4.90 Å². The van der Waals surface area contributed by atoms with Gasteiger partial charge in [0.15, 0.2) is 12.2 Å². The lowest BCUT2D eigenvalue weighted by atomic mass is 10.1. The monoisotopic (exact) mass is 335 g/mol. The lowest BCUT2D eigenvalue weighted by molar-refractivity contribution is -0.136. The average molecular weight is 335 g/mol. The van der Waals surface area contributed by atoms with Crippen molar-refractivity contribution in [1.29, 1.82) is 0 Å². The van der Waals surface area contributed by atoms with Crippen LogP contribution in [0.2, 0.25) is 0 Å². The van der Waals surface area contributed by atoms with Crippen LogP contribution in [0, 0.1) is 0 Å². The van der Waals surface area contributed by atoms with Gasteiger partial charge in [0.05, 0.1) is 12.4 Å². The van der Waals surface area contributed by atoms with Crippen LogP contribution in [0.25, 0.3) is 0 Å². The van der Waals surface area contributed by atoms with Crippen molar-refractivity contribution in [3.63, 3.8) is 0 Å². The zero-order chi connectivity index (χ0) is 17.9. The number of imide groups is 1. The highest BCUT2D eigenvalue weighted by molar-refractivity contribution is 6.01. The molecule has 0 unspecified atom stereocenters. The Kier molecular flexibility index (Phi) is 5.74. The second kappa shape index (κ2) is 7.59. The highest BCUT2D eigenvalue weighted by Gasteiger charge is 2.48. The van der Waals surface area contributed by atoms with Crippen molar-refractivity contribution in [2.75, 3.05) is 40.3 Å². The number of aliphatic hydroxyl groups excluding tert-OH is 1. The Morgan fingerprint density at radius 2 is 1.96 bits per heavy atom. The number of rotatable bonds is 8. The van der Waals surface area contributed by atoms with Crippen LogP contribution in [0.1, 0.15) is 0 Å². The molecule has 0 aromatic carbocycles. The van der Waals surface area contributed by atoms with Crippen LogP contribution in [0.4, 0.5) is 4.79 Å². The molecule has 2 rings (SSSR count). The Balaban J connectivity index is 2.01. The molecular weight excluding hydrogens is 310 g/mol. The summed E-state index contributed by atoms with van der Waals surface area (Å²) in [5.74, 6) is -0.304. The summed E-state index contributed by atoms with van der Waals surface area (Å²) in [7, 11) is 3.08. The minimum absolute atomic E-state index is 0.261. The number of nitrogens with zero attached hydrogens (tertiary/aromatic N) is 5. The second-order valence-electron chi connectivity index (χ2n) is 6.06. The number of amides is 3. The van der Waals surface area contributed by atoms with E-state index in [0.717, 1.165) is 4.90 Å². The van der Waals surface area contributed by atoms with E-state index < -0.39 is 18.3 Å². The molecule has 1 fully saturated rings. The number of hydrogen-bond donors (Lipinski definition) is 1. The van der Waals surface area contributed by atoms with Crippen molar-refractivity contribution < 1.29 is 14.7 Å². The molecular formula is C16H25N5O3. The van der Waals surface area contributed by atoms with E-state index in [4.69, 9.17) is 0 Å². The van der Waals surface area contributed by atoms with Crippen LogP contribution >= 0.6 is 0 Å². The third kappa shape index (κ3) is 3.49. The summed E-state index contributed by atoms with van der Waals surface area (Å²) in [6.45, 7) is 9.38. The standard InChI is InChI=1S/C16H25N5O3/c1-5-7-20(8-6-2)9-12(22)10-21-11-17-14-13(21)15(23)19(4)16(24)18(14)3/h5-6,11-14,22H,1-2,7-10H2,3-4H3/t12-,13-,14-/m0/s1. The Labute approximate surface area is 142 Å². The summed E-state index contributed by atoms with van der Waals surface area (Å²) < 4.78 is 0. The van der Waals surface area contributed by atoms with Crippen LogP contribution in [0.15, 0.2) is 30.3 Å². The molecule has 8 nitrogen and oxygen atoms in total. The van der Waals surface area contributed by atoms with Crippen molar-refractivity contribution >= 4 is 18.3 Å². The zero-order valence-electron chi connectivity index (χ0n) is 14.2. The van der Waals surface area contributed by atoms with Crippen molar-refractivity contribution in [2.24, 2.45) is 4.99 Å². The van der Waals surface area contributed by atoms with Gasteiger partial charge in [0.1, 0.15) is 0 Å². The molecule has 0 spiro atoms. The summed E-state index contributed by atoms with van der Waals surface area (Å²) in [6, 6.07) is -0.955. The maximum atomic E-state index is 12.4. The number of likely N-dealkylation sites (N-methyl/N-ethyl adjacent to an activating group) is 2. The largest absolute Gasteiger partial charge is 0.390 e. The fourth-order valence-corrected chi connectivity index (χ4v) is 3.05. The molecule has 24 heavy (non-hydrogen) atoms. The van der Waals surface area contributed by atoms with Crippen LogP contribution in [0.3, 0.4) is 0 Å². The van der Waals surface area contributed by atoms with E-state index in [0.29, 0.717) is 19.6 Å². The minimum atomic E-state index is -0.670. The minimum Gasteiger partial charge on any atom is -0.390 e. The molecule has 2 heterocycles. The maximum absolute atomic E-state index is 12.4. The first-order valence-electron chi connectivity index (χ1n) is 7.86. The van der Waals surface area contributed by atoms with E-state index in [-0.39, 0.29) is 18.5 Å². The number of urea groups is 1. The topological polar surface area (TPSA) is 79.7 Å². The number of aliphatic imine (C=N–C) groups is 1. The first-order valence-corrected chi connectivity index (χ1v) is 7.86. The van der Waals surface area contributed by atoms with Gasteiger partial charge in [0, 0.05) is 40.3 Å². The normalized spacial score (nSPS) is 24.6. The van der Waals surface area contributed by atoms with Crippen LogP contribution in [0.5, 0.6) is 0 Å². The van der Waals surface area contributed by atoms with Gasteiger partial charge in [-0.1, -0.05) is 12.2 Å². The summed E-state index contributed by atoms with van der Waals surface area (Å²) >= 11 is 0. The molecule has 132 valence electrons. The van der Waals surface area contributed by atoms with Gasteiger partial charge in [-0.3, -0.25) is 14.6 Å². The molecule has 0 aromatic rings. The van der Waals surface area contributed by atoms with Gasteiger partial charge in [-0.15, -0.1) is 13.2 Å². The molecule has 0 bridgehead atoms. The number of carbonyl (C=O) groups is 2. The Morgan fingerprint density at radius 1 is 1.33 bits per heavy atom. The van der Waals surface area contributed by atoms with Crippen LogP contribution in [-0.2, 0) is 4.79 Å². The lowest BCUT2D eigenvalue weighted by Gasteiger charge is -2.40. The van der Waals surface area contributed by atoms with Gasteiger partial charge in [-0.2, -0.15) is 0 Å². The lowest BCUT2D eigenvalue weighted by Crippen LogP contribution is -2.64. The second-order valence-corrected chi connectivity index (χ2v) is 6.06. The number of aliphatic hydroxyl groups is 1. The van der Waals surface area contributed by atoms with Gasteiger partial charge in [-0.25, -0.2) is 9.79 Å². The Bertz CT molecular complexity index is 540. The number of hydrogen-bond acceptors (Lipinski definition) is 6. The highest BCUT2D eigenvalue weighted by atomic mass is 16.3. The summed E-state index contributed by atoms with van der Waals surface area (Å²) in [4.78, 5) is 34.9. The van der Waals surface area contributed by atoms with E-state index in [2.05, 4.69) is 18.2 Å². The Morgan fingerprint density at radius 3 is 2.54 bits per heavy atom. The average Bonchev–Trinajstić information content (AvgIpc) is 2.95. The van der Waals surface area contributed by atoms with Gasteiger partial charge in [-0.05, 0) is 0 Å².